The third-order valence-corrected chi connectivity index (χ3v) is 1.48. The van der Waals surface area contributed by atoms with Crippen molar-refractivity contribution >= 4 is 0 Å². The summed E-state index contributed by atoms with van der Waals surface area (Å²) in [5, 5.41) is 9.03. The van der Waals surface area contributed by atoms with Gasteiger partial charge in [-0.3, -0.25) is 0 Å². The molecule has 2 unspecified atom stereocenters. The monoisotopic (exact) mass is 146 g/mol. The number of aliphatic hydroxyl groups excluding tert-OH is 1. The van der Waals surface area contributed by atoms with Crippen molar-refractivity contribution in [2.45, 2.75) is 32.8 Å². The van der Waals surface area contributed by atoms with Crippen molar-refractivity contribution < 1.29 is 14.6 Å². The third-order valence-electron chi connectivity index (χ3n) is 1.48. The van der Waals surface area contributed by atoms with Crippen LogP contribution in [0.15, 0.2) is 0 Å². The second kappa shape index (κ2) is 3.32. The Kier molecular flexibility index (Phi) is 2.65. The van der Waals surface area contributed by atoms with Gasteiger partial charge < -0.3 is 14.6 Å². The third kappa shape index (κ3) is 1.94. The van der Waals surface area contributed by atoms with Gasteiger partial charge in [0.2, 0.25) is 0 Å². The summed E-state index contributed by atoms with van der Waals surface area (Å²) in [5.74, 6) is 0.315. The zero-order chi connectivity index (χ0) is 7.56. The highest BCUT2D eigenvalue weighted by atomic mass is 16.7. The molecule has 0 bridgehead atoms. The highest BCUT2D eigenvalue weighted by Crippen LogP contribution is 2.16. The maximum atomic E-state index is 9.03. The molecule has 0 aromatic carbocycles. The quantitative estimate of drug-likeness (QED) is 0.592. The first kappa shape index (κ1) is 7.98. The first-order valence-corrected chi connectivity index (χ1v) is 3.65. The van der Waals surface area contributed by atoms with E-state index in [2.05, 4.69) is 0 Å². The lowest BCUT2D eigenvalue weighted by Crippen LogP contribution is -2.35. The fraction of sp³-hybridized carbons (Fsp3) is 1.00. The molecule has 10 heavy (non-hydrogen) atoms. The molecule has 0 spiro atoms. The molecule has 3 heteroatoms. The molecular formula is C7H14O3. The number of hydrogen-bond donors (Lipinski definition) is 1. The van der Waals surface area contributed by atoms with E-state index in [0.29, 0.717) is 18.9 Å². The Labute approximate surface area is 60.9 Å². The molecule has 2 atom stereocenters. The molecule has 0 radical (unpaired) electrons. The van der Waals surface area contributed by atoms with Crippen molar-refractivity contribution in [3.05, 3.63) is 0 Å². The minimum Gasteiger partial charge on any atom is -0.368 e. The van der Waals surface area contributed by atoms with Gasteiger partial charge in [0.1, 0.15) is 0 Å². The second-order valence-electron chi connectivity index (χ2n) is 2.86. The summed E-state index contributed by atoms with van der Waals surface area (Å²) < 4.78 is 10.3. The van der Waals surface area contributed by atoms with E-state index in [1.165, 1.54) is 0 Å². The number of rotatable bonds is 1. The molecule has 1 rings (SSSR count). The van der Waals surface area contributed by atoms with Gasteiger partial charge in [0.05, 0.1) is 6.61 Å². The van der Waals surface area contributed by atoms with Crippen LogP contribution in [-0.2, 0) is 9.47 Å². The van der Waals surface area contributed by atoms with Crippen LogP contribution in [0, 0.1) is 5.92 Å². The Balaban J connectivity index is 2.32. The molecule has 3 nitrogen and oxygen atoms in total. The number of aliphatic hydroxyl groups is 1. The van der Waals surface area contributed by atoms with E-state index in [0.717, 1.165) is 0 Å². The fourth-order valence-electron chi connectivity index (χ4n) is 0.897. The van der Waals surface area contributed by atoms with Gasteiger partial charge in [0, 0.05) is 12.3 Å². The van der Waals surface area contributed by atoms with E-state index >= 15 is 0 Å². The second-order valence-corrected chi connectivity index (χ2v) is 2.86. The average molecular weight is 146 g/mol. The van der Waals surface area contributed by atoms with Crippen LogP contribution in [0.5, 0.6) is 0 Å². The number of ether oxygens (including phenoxy) is 2. The minimum absolute atomic E-state index is 0.219. The highest BCUT2D eigenvalue weighted by molar-refractivity contribution is 4.57. The summed E-state index contributed by atoms with van der Waals surface area (Å²) >= 11 is 0. The van der Waals surface area contributed by atoms with E-state index in [-0.39, 0.29) is 6.29 Å². The normalized spacial score (nSPS) is 34.8. The van der Waals surface area contributed by atoms with Gasteiger partial charge in [0.15, 0.2) is 12.6 Å². The molecular weight excluding hydrogens is 132 g/mol. The maximum absolute atomic E-state index is 9.03. The molecule has 1 heterocycles. The Morgan fingerprint density at radius 3 is 2.60 bits per heavy atom. The number of hydrogen-bond acceptors (Lipinski definition) is 3. The van der Waals surface area contributed by atoms with Gasteiger partial charge in [0.25, 0.3) is 0 Å². The predicted octanol–water partition coefficient (Wildman–Crippen LogP) is 0.724. The van der Waals surface area contributed by atoms with Crippen LogP contribution in [0.4, 0.5) is 0 Å². The molecule has 0 aromatic rings. The largest absolute Gasteiger partial charge is 0.368 e. The van der Waals surface area contributed by atoms with Crippen LogP contribution in [0.25, 0.3) is 0 Å². The topological polar surface area (TPSA) is 38.7 Å². The smallest absolute Gasteiger partial charge is 0.162 e. The van der Waals surface area contributed by atoms with Crippen LogP contribution < -0.4 is 0 Å². The summed E-state index contributed by atoms with van der Waals surface area (Å²) in [6.07, 6.45) is -0.256. The van der Waals surface area contributed by atoms with Crippen molar-refractivity contribution in [1.82, 2.24) is 0 Å². The minimum atomic E-state index is -0.624. The van der Waals surface area contributed by atoms with Gasteiger partial charge in [-0.1, -0.05) is 13.8 Å². The molecule has 0 amide bonds. The molecule has 1 N–H and O–H groups in total. The first-order valence-electron chi connectivity index (χ1n) is 3.65. The van der Waals surface area contributed by atoms with Gasteiger partial charge in [-0.2, -0.15) is 0 Å². The van der Waals surface area contributed by atoms with Crippen molar-refractivity contribution in [2.75, 3.05) is 6.61 Å². The Morgan fingerprint density at radius 2 is 2.20 bits per heavy atom. The Hall–Kier alpha value is -0.120. The molecule has 1 fully saturated rings. The van der Waals surface area contributed by atoms with Crippen LogP contribution >= 0.6 is 0 Å². The molecule has 1 saturated heterocycles. The van der Waals surface area contributed by atoms with E-state index < -0.39 is 6.29 Å². The van der Waals surface area contributed by atoms with E-state index in [1.54, 1.807) is 0 Å². The average Bonchev–Trinajstić information content (AvgIpc) is 1.88. The standard InChI is InChI=1S/C7H14O3/c1-5(2)7-9-4-3-6(8)10-7/h5-8H,3-4H2,1-2H3. The Morgan fingerprint density at radius 1 is 1.50 bits per heavy atom. The van der Waals surface area contributed by atoms with E-state index in [1.807, 2.05) is 13.8 Å². The summed E-state index contributed by atoms with van der Waals surface area (Å²) in [4.78, 5) is 0. The van der Waals surface area contributed by atoms with Crippen LogP contribution in [-0.4, -0.2) is 24.3 Å². The van der Waals surface area contributed by atoms with Crippen LogP contribution in [0.2, 0.25) is 0 Å². The van der Waals surface area contributed by atoms with Crippen molar-refractivity contribution in [2.24, 2.45) is 5.92 Å². The highest BCUT2D eigenvalue weighted by Gasteiger charge is 2.23. The molecule has 0 saturated carbocycles. The molecule has 0 aromatic heterocycles. The van der Waals surface area contributed by atoms with Crippen molar-refractivity contribution in [3.63, 3.8) is 0 Å². The van der Waals surface area contributed by atoms with E-state index in [4.69, 9.17) is 14.6 Å². The lowest BCUT2D eigenvalue weighted by molar-refractivity contribution is -0.283. The van der Waals surface area contributed by atoms with Crippen LogP contribution in [0.3, 0.4) is 0 Å². The molecule has 1 aliphatic rings. The van der Waals surface area contributed by atoms with Gasteiger partial charge >= 0.3 is 0 Å². The molecule has 60 valence electrons. The maximum Gasteiger partial charge on any atom is 0.162 e. The van der Waals surface area contributed by atoms with Gasteiger partial charge in [-0.15, -0.1) is 0 Å². The fourth-order valence-corrected chi connectivity index (χ4v) is 0.897. The zero-order valence-electron chi connectivity index (χ0n) is 6.41. The van der Waals surface area contributed by atoms with Gasteiger partial charge in [-0.25, -0.2) is 0 Å². The molecule has 0 aliphatic carbocycles. The van der Waals surface area contributed by atoms with E-state index in [9.17, 15) is 0 Å². The lowest BCUT2D eigenvalue weighted by atomic mass is 10.2. The van der Waals surface area contributed by atoms with Crippen LogP contribution in [0.1, 0.15) is 20.3 Å². The summed E-state index contributed by atoms with van der Waals surface area (Å²) in [6, 6.07) is 0. The summed E-state index contributed by atoms with van der Waals surface area (Å²) in [5.41, 5.74) is 0. The zero-order valence-corrected chi connectivity index (χ0v) is 6.41. The predicted molar refractivity (Wildman–Crippen MR) is 36.3 cm³/mol. The Bertz CT molecular complexity index is 103. The summed E-state index contributed by atoms with van der Waals surface area (Å²) in [7, 11) is 0. The van der Waals surface area contributed by atoms with Gasteiger partial charge in [-0.05, 0) is 0 Å². The van der Waals surface area contributed by atoms with Crippen molar-refractivity contribution in [1.29, 1.82) is 0 Å². The molecule has 1 aliphatic heterocycles. The van der Waals surface area contributed by atoms with Crippen molar-refractivity contribution in [3.8, 4) is 0 Å². The first-order chi connectivity index (χ1) is 4.70. The summed E-state index contributed by atoms with van der Waals surface area (Å²) in [6.45, 7) is 4.61. The SMILES string of the molecule is CC(C)C1OCCC(O)O1. The lowest BCUT2D eigenvalue weighted by Gasteiger charge is -2.29.